The average Bonchev–Trinajstić information content (AvgIpc) is 2.86. The van der Waals surface area contributed by atoms with Gasteiger partial charge in [0.2, 0.25) is 0 Å². The van der Waals surface area contributed by atoms with Crippen molar-refractivity contribution in [3.63, 3.8) is 0 Å². The zero-order chi connectivity index (χ0) is 15.6. The highest BCUT2D eigenvalue weighted by atomic mass is 19.1. The lowest BCUT2D eigenvalue weighted by atomic mass is 9.99. The summed E-state index contributed by atoms with van der Waals surface area (Å²) in [5.41, 5.74) is 0.0668. The fourth-order valence-corrected chi connectivity index (χ4v) is 1.96. The molecule has 112 valence electrons. The van der Waals surface area contributed by atoms with E-state index in [1.165, 1.54) is 18.3 Å². The zero-order valence-corrected chi connectivity index (χ0v) is 12.2. The molecule has 2 rings (SSSR count). The summed E-state index contributed by atoms with van der Waals surface area (Å²) in [6.45, 7) is 3.31. The maximum Gasteiger partial charge on any atom is 0.254 e. The maximum atomic E-state index is 13.6. The molecule has 0 aliphatic heterocycles. The molecule has 0 saturated carbocycles. The number of halogens is 1. The van der Waals surface area contributed by atoms with Gasteiger partial charge in [-0.1, -0.05) is 11.6 Å². The van der Waals surface area contributed by atoms with E-state index in [2.05, 4.69) is 10.4 Å². The van der Waals surface area contributed by atoms with Crippen LogP contribution in [0.4, 0.5) is 4.39 Å². The van der Waals surface area contributed by atoms with Gasteiger partial charge in [-0.2, -0.15) is 5.10 Å². The van der Waals surface area contributed by atoms with Crippen LogP contribution < -0.4 is 5.32 Å². The van der Waals surface area contributed by atoms with Gasteiger partial charge in [0, 0.05) is 18.8 Å². The van der Waals surface area contributed by atoms with Crippen molar-refractivity contribution in [1.29, 1.82) is 0 Å². The van der Waals surface area contributed by atoms with Gasteiger partial charge in [0.1, 0.15) is 11.4 Å². The smallest absolute Gasteiger partial charge is 0.254 e. The van der Waals surface area contributed by atoms with Gasteiger partial charge in [-0.3, -0.25) is 9.48 Å². The molecule has 1 amide bonds. The molecule has 1 aromatic carbocycles. The summed E-state index contributed by atoms with van der Waals surface area (Å²) in [7, 11) is 1.74. The van der Waals surface area contributed by atoms with Crippen LogP contribution in [-0.2, 0) is 12.6 Å². The first kappa shape index (κ1) is 15.2. The molecular formula is C15H18FN3O2. The third-order valence-electron chi connectivity index (χ3n) is 3.29. The molecule has 1 aromatic heterocycles. The number of nitrogens with one attached hydrogen (secondary N) is 1. The van der Waals surface area contributed by atoms with Crippen molar-refractivity contribution >= 4 is 5.91 Å². The highest BCUT2D eigenvalue weighted by Crippen LogP contribution is 2.19. The number of carbonyl (C=O) groups excluding carboxylic acids is 1. The van der Waals surface area contributed by atoms with E-state index in [4.69, 9.17) is 0 Å². The molecule has 0 spiro atoms. The number of hydrogen-bond donors (Lipinski definition) is 2. The monoisotopic (exact) mass is 291 g/mol. The first-order chi connectivity index (χ1) is 9.79. The number of aryl methyl sites for hydroxylation is 2. The molecule has 5 nitrogen and oxygen atoms in total. The number of nitrogens with zero attached hydrogens (tertiary/aromatic N) is 2. The quantitative estimate of drug-likeness (QED) is 0.897. The minimum Gasteiger partial charge on any atom is -0.383 e. The van der Waals surface area contributed by atoms with E-state index in [0.29, 0.717) is 5.56 Å². The Morgan fingerprint density at radius 1 is 1.52 bits per heavy atom. The van der Waals surface area contributed by atoms with E-state index in [1.807, 2.05) is 0 Å². The van der Waals surface area contributed by atoms with Crippen molar-refractivity contribution in [1.82, 2.24) is 15.1 Å². The fourth-order valence-electron chi connectivity index (χ4n) is 1.96. The van der Waals surface area contributed by atoms with Gasteiger partial charge in [-0.15, -0.1) is 0 Å². The SMILES string of the molecule is Cc1ccc(F)c(C(=O)NCC(C)(O)c2cnn(C)c2)c1. The van der Waals surface area contributed by atoms with E-state index in [9.17, 15) is 14.3 Å². The minimum atomic E-state index is -1.27. The molecule has 0 aliphatic rings. The Hall–Kier alpha value is -2.21. The van der Waals surface area contributed by atoms with Crippen LogP contribution in [0, 0.1) is 12.7 Å². The highest BCUT2D eigenvalue weighted by Gasteiger charge is 2.26. The van der Waals surface area contributed by atoms with Crippen LogP contribution >= 0.6 is 0 Å². The number of benzene rings is 1. The van der Waals surface area contributed by atoms with Gasteiger partial charge in [-0.25, -0.2) is 4.39 Å². The second-order valence-electron chi connectivity index (χ2n) is 5.34. The van der Waals surface area contributed by atoms with Gasteiger partial charge in [0.15, 0.2) is 0 Å². The molecule has 2 aromatic rings. The van der Waals surface area contributed by atoms with E-state index < -0.39 is 17.3 Å². The first-order valence-electron chi connectivity index (χ1n) is 6.55. The molecule has 1 unspecified atom stereocenters. The lowest BCUT2D eigenvalue weighted by molar-refractivity contribution is 0.0524. The molecule has 0 aliphatic carbocycles. The van der Waals surface area contributed by atoms with Gasteiger partial charge in [0.05, 0.1) is 18.3 Å². The number of aromatic nitrogens is 2. The molecule has 1 atom stereocenters. The van der Waals surface area contributed by atoms with Gasteiger partial charge < -0.3 is 10.4 Å². The molecule has 6 heteroatoms. The standard InChI is InChI=1S/C15H18FN3O2/c1-10-4-5-13(16)12(6-10)14(20)17-9-15(2,21)11-7-18-19(3)8-11/h4-8,21H,9H2,1-3H3,(H,17,20). The van der Waals surface area contributed by atoms with Crippen LogP contribution in [0.1, 0.15) is 28.4 Å². The topological polar surface area (TPSA) is 67.2 Å². The normalized spacial score (nSPS) is 13.8. The largest absolute Gasteiger partial charge is 0.383 e. The fraction of sp³-hybridized carbons (Fsp3) is 0.333. The molecule has 0 saturated heterocycles. The summed E-state index contributed by atoms with van der Waals surface area (Å²) in [5, 5.41) is 16.9. The van der Waals surface area contributed by atoms with E-state index in [-0.39, 0.29) is 12.1 Å². The summed E-state index contributed by atoms with van der Waals surface area (Å²) in [6.07, 6.45) is 3.19. The number of amides is 1. The minimum absolute atomic E-state index is 0.0306. The van der Waals surface area contributed by atoms with Crippen LogP contribution in [0.5, 0.6) is 0 Å². The third-order valence-corrected chi connectivity index (χ3v) is 3.29. The summed E-state index contributed by atoms with van der Waals surface area (Å²) >= 11 is 0. The maximum absolute atomic E-state index is 13.6. The summed E-state index contributed by atoms with van der Waals surface area (Å²) in [4.78, 5) is 12.0. The predicted molar refractivity (Wildman–Crippen MR) is 76.2 cm³/mol. The molecule has 0 radical (unpaired) electrons. The number of hydrogen-bond acceptors (Lipinski definition) is 3. The summed E-state index contributed by atoms with van der Waals surface area (Å²) < 4.78 is 15.2. The first-order valence-corrected chi connectivity index (χ1v) is 6.55. The second kappa shape index (κ2) is 5.65. The van der Waals surface area contributed by atoms with E-state index in [0.717, 1.165) is 5.56 Å². The van der Waals surface area contributed by atoms with Crippen molar-refractivity contribution in [2.45, 2.75) is 19.4 Å². The van der Waals surface area contributed by atoms with Crippen molar-refractivity contribution in [3.05, 3.63) is 53.1 Å². The number of aliphatic hydroxyl groups is 1. The van der Waals surface area contributed by atoms with Crippen molar-refractivity contribution < 1.29 is 14.3 Å². The number of carbonyl (C=O) groups is 1. The van der Waals surface area contributed by atoms with Crippen molar-refractivity contribution in [2.24, 2.45) is 7.05 Å². The molecule has 0 bridgehead atoms. The lowest BCUT2D eigenvalue weighted by Gasteiger charge is -2.22. The molecule has 21 heavy (non-hydrogen) atoms. The predicted octanol–water partition coefficient (Wildman–Crippen LogP) is 1.51. The second-order valence-corrected chi connectivity index (χ2v) is 5.34. The summed E-state index contributed by atoms with van der Waals surface area (Å²) in [5.74, 6) is -1.14. The Balaban J connectivity index is 2.08. The molecular weight excluding hydrogens is 273 g/mol. The Morgan fingerprint density at radius 2 is 2.24 bits per heavy atom. The highest BCUT2D eigenvalue weighted by molar-refractivity contribution is 5.94. The molecule has 2 N–H and O–H groups in total. The summed E-state index contributed by atoms with van der Waals surface area (Å²) in [6, 6.07) is 4.32. The molecule has 0 fully saturated rings. The third kappa shape index (κ3) is 3.46. The Bertz CT molecular complexity index is 665. The van der Waals surface area contributed by atoms with Crippen LogP contribution in [-0.4, -0.2) is 27.3 Å². The Morgan fingerprint density at radius 3 is 2.86 bits per heavy atom. The van der Waals surface area contributed by atoms with Crippen LogP contribution in [0.25, 0.3) is 0 Å². The van der Waals surface area contributed by atoms with Crippen LogP contribution in [0.2, 0.25) is 0 Å². The molecule has 1 heterocycles. The van der Waals surface area contributed by atoms with E-state index >= 15 is 0 Å². The van der Waals surface area contributed by atoms with Crippen molar-refractivity contribution in [2.75, 3.05) is 6.54 Å². The number of rotatable bonds is 4. The van der Waals surface area contributed by atoms with Gasteiger partial charge in [-0.05, 0) is 26.0 Å². The van der Waals surface area contributed by atoms with Crippen LogP contribution in [0.15, 0.2) is 30.6 Å². The van der Waals surface area contributed by atoms with E-state index in [1.54, 1.807) is 37.8 Å². The lowest BCUT2D eigenvalue weighted by Crippen LogP contribution is -2.38. The van der Waals surface area contributed by atoms with Crippen LogP contribution in [0.3, 0.4) is 0 Å². The van der Waals surface area contributed by atoms with Gasteiger partial charge in [0.25, 0.3) is 5.91 Å². The van der Waals surface area contributed by atoms with Gasteiger partial charge >= 0.3 is 0 Å². The average molecular weight is 291 g/mol. The zero-order valence-electron chi connectivity index (χ0n) is 12.2. The Labute approximate surface area is 122 Å². The Kier molecular flexibility index (Phi) is 4.09. The van der Waals surface area contributed by atoms with Crippen molar-refractivity contribution in [3.8, 4) is 0 Å².